The molecule has 0 spiro atoms. The molecule has 0 amide bonds. The number of halogens is 4. The average molecular weight is 338 g/mol. The monoisotopic (exact) mass is 336 g/mol. The third-order valence-corrected chi connectivity index (χ3v) is 4.08. The zero-order valence-corrected chi connectivity index (χ0v) is 11.3. The Labute approximate surface area is 113 Å². The molecule has 0 aliphatic carbocycles. The summed E-state index contributed by atoms with van der Waals surface area (Å²) < 4.78 is 26.5. The molecule has 88 valence electrons. The number of hydrogen-bond donors (Lipinski definition) is 0. The van der Waals surface area contributed by atoms with Crippen LogP contribution in [0.3, 0.4) is 0 Å². The van der Waals surface area contributed by atoms with Gasteiger partial charge in [-0.05, 0) is 40.2 Å². The Kier molecular flexibility index (Phi) is 3.61. The molecular weight excluding hydrogens is 334 g/mol. The molecular formula is C11H4BrClF2OS. The Bertz CT molecular complexity index is 597. The molecule has 0 bridgehead atoms. The first kappa shape index (κ1) is 12.7. The van der Waals surface area contributed by atoms with Crippen LogP contribution in [0, 0.1) is 11.6 Å². The van der Waals surface area contributed by atoms with E-state index in [2.05, 4.69) is 15.9 Å². The lowest BCUT2D eigenvalue weighted by Crippen LogP contribution is -2.02. The SMILES string of the molecule is O=C(c1ccc(Cl)s1)c1ccc(F)c(F)c1Br. The van der Waals surface area contributed by atoms with Gasteiger partial charge in [0.25, 0.3) is 0 Å². The van der Waals surface area contributed by atoms with E-state index in [1.54, 1.807) is 12.1 Å². The molecule has 0 aliphatic heterocycles. The van der Waals surface area contributed by atoms with Crippen LogP contribution >= 0.6 is 38.9 Å². The molecule has 0 fully saturated rings. The van der Waals surface area contributed by atoms with E-state index in [1.165, 1.54) is 6.07 Å². The molecule has 0 saturated carbocycles. The van der Waals surface area contributed by atoms with E-state index >= 15 is 0 Å². The lowest BCUT2D eigenvalue weighted by atomic mass is 10.1. The molecule has 1 aromatic carbocycles. The van der Waals surface area contributed by atoms with Gasteiger partial charge < -0.3 is 0 Å². The van der Waals surface area contributed by atoms with E-state index in [1.807, 2.05) is 0 Å². The van der Waals surface area contributed by atoms with Crippen LogP contribution in [-0.4, -0.2) is 5.78 Å². The van der Waals surface area contributed by atoms with Crippen molar-refractivity contribution in [2.75, 3.05) is 0 Å². The number of carbonyl (C=O) groups is 1. The van der Waals surface area contributed by atoms with E-state index < -0.39 is 17.4 Å². The highest BCUT2D eigenvalue weighted by atomic mass is 79.9. The number of rotatable bonds is 2. The zero-order valence-electron chi connectivity index (χ0n) is 8.14. The maximum absolute atomic E-state index is 13.3. The molecule has 0 radical (unpaired) electrons. The van der Waals surface area contributed by atoms with E-state index in [0.29, 0.717) is 9.21 Å². The molecule has 0 N–H and O–H groups in total. The molecule has 0 aliphatic rings. The normalized spacial score (nSPS) is 10.6. The maximum atomic E-state index is 13.3. The van der Waals surface area contributed by atoms with Crippen molar-refractivity contribution in [3.05, 3.63) is 55.1 Å². The van der Waals surface area contributed by atoms with Crippen LogP contribution in [0.1, 0.15) is 15.2 Å². The number of thiophene rings is 1. The zero-order chi connectivity index (χ0) is 12.6. The van der Waals surface area contributed by atoms with Gasteiger partial charge in [-0.3, -0.25) is 4.79 Å². The van der Waals surface area contributed by atoms with Crippen molar-refractivity contribution < 1.29 is 13.6 Å². The summed E-state index contributed by atoms with van der Waals surface area (Å²) in [6.07, 6.45) is 0. The molecule has 0 atom stereocenters. The van der Waals surface area contributed by atoms with Gasteiger partial charge in [0.2, 0.25) is 5.78 Å². The van der Waals surface area contributed by atoms with E-state index in [9.17, 15) is 13.6 Å². The van der Waals surface area contributed by atoms with Gasteiger partial charge in [0.1, 0.15) is 0 Å². The van der Waals surface area contributed by atoms with Crippen LogP contribution in [0.15, 0.2) is 28.7 Å². The van der Waals surface area contributed by atoms with Gasteiger partial charge >= 0.3 is 0 Å². The molecule has 2 rings (SSSR count). The van der Waals surface area contributed by atoms with Gasteiger partial charge in [-0.15, -0.1) is 11.3 Å². The Morgan fingerprint density at radius 1 is 1.24 bits per heavy atom. The van der Waals surface area contributed by atoms with Gasteiger partial charge in [0, 0.05) is 5.56 Å². The molecule has 2 aromatic rings. The van der Waals surface area contributed by atoms with Crippen molar-refractivity contribution in [3.8, 4) is 0 Å². The summed E-state index contributed by atoms with van der Waals surface area (Å²) in [4.78, 5) is 12.4. The van der Waals surface area contributed by atoms with Gasteiger partial charge in [0.15, 0.2) is 11.6 Å². The van der Waals surface area contributed by atoms with Gasteiger partial charge in [0.05, 0.1) is 13.7 Å². The number of benzene rings is 1. The summed E-state index contributed by atoms with van der Waals surface area (Å²) in [6, 6.07) is 5.28. The third kappa shape index (κ3) is 2.41. The number of hydrogen-bond acceptors (Lipinski definition) is 2. The van der Waals surface area contributed by atoms with Crippen molar-refractivity contribution in [3.63, 3.8) is 0 Å². The molecule has 0 saturated heterocycles. The summed E-state index contributed by atoms with van der Waals surface area (Å²) in [5.74, 6) is -2.47. The van der Waals surface area contributed by atoms with Crippen LogP contribution in [0.2, 0.25) is 4.34 Å². The molecule has 17 heavy (non-hydrogen) atoms. The second-order valence-electron chi connectivity index (χ2n) is 3.16. The first-order valence-corrected chi connectivity index (χ1v) is 6.43. The Morgan fingerprint density at radius 2 is 1.94 bits per heavy atom. The van der Waals surface area contributed by atoms with Crippen LogP contribution in [0.25, 0.3) is 0 Å². The lowest BCUT2D eigenvalue weighted by Gasteiger charge is -2.03. The Hall–Kier alpha value is -0.780. The largest absolute Gasteiger partial charge is 0.288 e. The highest BCUT2D eigenvalue weighted by molar-refractivity contribution is 9.10. The van der Waals surface area contributed by atoms with Gasteiger partial charge in [-0.1, -0.05) is 11.6 Å². The number of ketones is 1. The van der Waals surface area contributed by atoms with Gasteiger partial charge in [-0.2, -0.15) is 0 Å². The van der Waals surface area contributed by atoms with Crippen LogP contribution < -0.4 is 0 Å². The highest BCUT2D eigenvalue weighted by Crippen LogP contribution is 2.29. The van der Waals surface area contributed by atoms with Crippen molar-refractivity contribution in [2.45, 2.75) is 0 Å². The highest BCUT2D eigenvalue weighted by Gasteiger charge is 2.19. The molecule has 6 heteroatoms. The van der Waals surface area contributed by atoms with Gasteiger partial charge in [-0.25, -0.2) is 8.78 Å². The average Bonchev–Trinajstić information content (AvgIpc) is 2.72. The first-order valence-electron chi connectivity index (χ1n) is 4.44. The Balaban J connectivity index is 2.48. The predicted octanol–water partition coefficient (Wildman–Crippen LogP) is 4.67. The molecule has 1 heterocycles. The van der Waals surface area contributed by atoms with Crippen LogP contribution in [0.4, 0.5) is 8.78 Å². The van der Waals surface area contributed by atoms with E-state index in [-0.39, 0.29) is 10.0 Å². The summed E-state index contributed by atoms with van der Waals surface area (Å²) in [5.41, 5.74) is 0.0717. The second-order valence-corrected chi connectivity index (χ2v) is 5.66. The first-order chi connectivity index (χ1) is 8.00. The Morgan fingerprint density at radius 3 is 2.53 bits per heavy atom. The topological polar surface area (TPSA) is 17.1 Å². The van der Waals surface area contributed by atoms with Crippen LogP contribution in [0.5, 0.6) is 0 Å². The minimum atomic E-state index is -1.07. The van der Waals surface area contributed by atoms with E-state index in [4.69, 9.17) is 11.6 Å². The molecule has 1 nitrogen and oxygen atoms in total. The van der Waals surface area contributed by atoms with Crippen LogP contribution in [-0.2, 0) is 0 Å². The molecule has 1 aromatic heterocycles. The smallest absolute Gasteiger partial charge is 0.204 e. The van der Waals surface area contributed by atoms with Crippen molar-refractivity contribution in [1.29, 1.82) is 0 Å². The van der Waals surface area contributed by atoms with Crippen molar-refractivity contribution in [1.82, 2.24) is 0 Å². The fourth-order valence-corrected chi connectivity index (χ4v) is 2.77. The fraction of sp³-hybridized carbons (Fsp3) is 0. The minimum absolute atomic E-state index is 0.0717. The quantitative estimate of drug-likeness (QED) is 0.575. The summed E-state index contributed by atoms with van der Waals surface area (Å²) in [7, 11) is 0. The summed E-state index contributed by atoms with van der Waals surface area (Å²) >= 11 is 9.67. The summed E-state index contributed by atoms with van der Waals surface area (Å²) in [5, 5.41) is 0. The van der Waals surface area contributed by atoms with Crippen molar-refractivity contribution >= 4 is 44.7 Å². The van der Waals surface area contributed by atoms with E-state index in [0.717, 1.165) is 17.4 Å². The standard InChI is InChI=1S/C11H4BrClF2OS/c12-9-5(1-2-6(14)10(9)15)11(16)7-3-4-8(13)17-7/h1-4H. The number of carbonyl (C=O) groups excluding carboxylic acids is 1. The lowest BCUT2D eigenvalue weighted by molar-refractivity contribution is 0.104. The second kappa shape index (κ2) is 4.84. The summed E-state index contributed by atoms with van der Waals surface area (Å²) in [6.45, 7) is 0. The predicted molar refractivity (Wildman–Crippen MR) is 66.8 cm³/mol. The fourth-order valence-electron chi connectivity index (χ4n) is 1.27. The maximum Gasteiger partial charge on any atom is 0.204 e. The van der Waals surface area contributed by atoms with Crippen molar-refractivity contribution in [2.24, 2.45) is 0 Å². The molecule has 0 unspecified atom stereocenters. The minimum Gasteiger partial charge on any atom is -0.288 e. The third-order valence-electron chi connectivity index (χ3n) is 2.08.